The van der Waals surface area contributed by atoms with E-state index in [1.807, 2.05) is 0 Å². The van der Waals surface area contributed by atoms with Gasteiger partial charge in [0.2, 0.25) is 0 Å². The number of nitrogens with one attached hydrogen (secondary N) is 1. The van der Waals surface area contributed by atoms with E-state index in [-0.39, 0.29) is 0 Å². The van der Waals surface area contributed by atoms with Crippen LogP contribution in [0.15, 0.2) is 0 Å². The summed E-state index contributed by atoms with van der Waals surface area (Å²) >= 11 is 0. The average Bonchev–Trinajstić information content (AvgIpc) is 2.43. The Morgan fingerprint density at radius 2 is 1.80 bits per heavy atom. The lowest BCUT2D eigenvalue weighted by Crippen LogP contribution is -2.37. The fourth-order valence-electron chi connectivity index (χ4n) is 2.86. The van der Waals surface area contributed by atoms with Crippen molar-refractivity contribution < 1.29 is 4.74 Å². The van der Waals surface area contributed by atoms with Crippen molar-refractivity contribution in [3.63, 3.8) is 0 Å². The van der Waals surface area contributed by atoms with E-state index in [9.17, 15) is 0 Å². The Bertz CT molecular complexity index is 213. The molecule has 0 aliphatic carbocycles. The number of hydrogen-bond donors (Lipinski definition) is 1. The maximum Gasteiger partial charge on any atom is 0.0599 e. The van der Waals surface area contributed by atoms with E-state index >= 15 is 0 Å². The van der Waals surface area contributed by atoms with Gasteiger partial charge in [-0.1, -0.05) is 26.7 Å². The van der Waals surface area contributed by atoms with Crippen molar-refractivity contribution >= 4 is 0 Å². The van der Waals surface area contributed by atoms with Gasteiger partial charge in [-0.05, 0) is 58.2 Å². The summed E-state index contributed by atoms with van der Waals surface area (Å²) in [7, 11) is 0. The van der Waals surface area contributed by atoms with Crippen LogP contribution in [0.2, 0.25) is 0 Å². The van der Waals surface area contributed by atoms with Gasteiger partial charge >= 0.3 is 0 Å². The number of likely N-dealkylation sites (tertiary alicyclic amines) is 1. The minimum Gasteiger partial charge on any atom is -0.378 e. The van der Waals surface area contributed by atoms with Crippen LogP contribution in [-0.4, -0.2) is 50.3 Å². The summed E-state index contributed by atoms with van der Waals surface area (Å²) in [5.41, 5.74) is 0. The molecule has 0 saturated carbocycles. The monoisotopic (exact) mass is 284 g/mol. The van der Waals surface area contributed by atoms with Crippen LogP contribution in [0.5, 0.6) is 0 Å². The Morgan fingerprint density at radius 1 is 1.10 bits per heavy atom. The van der Waals surface area contributed by atoms with Crippen LogP contribution in [0.3, 0.4) is 0 Å². The number of ether oxygens (including phenoxy) is 1. The molecule has 1 aliphatic heterocycles. The van der Waals surface area contributed by atoms with Crippen LogP contribution in [0.4, 0.5) is 0 Å². The summed E-state index contributed by atoms with van der Waals surface area (Å²) in [5, 5.41) is 3.52. The standard InChI is InChI=1S/C17H36N2O/c1-4-20-17-9-13-19(14-10-17)12-8-6-5-7-11-18-15-16(2)3/h16-18H,4-15H2,1-3H3. The first-order chi connectivity index (χ1) is 9.72. The molecule has 0 aromatic carbocycles. The lowest BCUT2D eigenvalue weighted by molar-refractivity contribution is 0.0140. The molecule has 3 heteroatoms. The summed E-state index contributed by atoms with van der Waals surface area (Å²) in [6, 6.07) is 0. The largest absolute Gasteiger partial charge is 0.378 e. The number of rotatable bonds is 11. The molecule has 0 bridgehead atoms. The van der Waals surface area contributed by atoms with Crippen LogP contribution in [-0.2, 0) is 4.74 Å². The predicted molar refractivity (Wildman–Crippen MR) is 87.3 cm³/mol. The van der Waals surface area contributed by atoms with Gasteiger partial charge in [-0.2, -0.15) is 0 Å². The fraction of sp³-hybridized carbons (Fsp3) is 1.00. The van der Waals surface area contributed by atoms with E-state index in [2.05, 4.69) is 31.0 Å². The van der Waals surface area contributed by atoms with E-state index in [4.69, 9.17) is 4.74 Å². The van der Waals surface area contributed by atoms with Crippen molar-refractivity contribution in [2.45, 2.75) is 65.4 Å². The molecule has 0 aromatic heterocycles. The molecule has 0 atom stereocenters. The summed E-state index contributed by atoms with van der Waals surface area (Å²) in [6.45, 7) is 13.6. The molecule has 1 heterocycles. The molecule has 20 heavy (non-hydrogen) atoms. The van der Waals surface area contributed by atoms with Crippen molar-refractivity contribution in [3.05, 3.63) is 0 Å². The van der Waals surface area contributed by atoms with Crippen LogP contribution < -0.4 is 5.32 Å². The molecule has 0 radical (unpaired) electrons. The van der Waals surface area contributed by atoms with Gasteiger partial charge in [0.1, 0.15) is 0 Å². The SMILES string of the molecule is CCOC1CCN(CCCCCCNCC(C)C)CC1. The Kier molecular flexibility index (Phi) is 10.3. The number of nitrogens with zero attached hydrogens (tertiary/aromatic N) is 1. The Morgan fingerprint density at radius 3 is 2.45 bits per heavy atom. The molecule has 0 unspecified atom stereocenters. The second-order valence-corrected chi connectivity index (χ2v) is 6.51. The highest BCUT2D eigenvalue weighted by Crippen LogP contribution is 2.14. The lowest BCUT2D eigenvalue weighted by Gasteiger charge is -2.31. The van der Waals surface area contributed by atoms with E-state index in [1.165, 1.54) is 64.7 Å². The van der Waals surface area contributed by atoms with Crippen molar-refractivity contribution in [3.8, 4) is 0 Å². The van der Waals surface area contributed by atoms with E-state index in [1.54, 1.807) is 0 Å². The molecule has 120 valence electrons. The van der Waals surface area contributed by atoms with E-state index in [0.717, 1.165) is 19.1 Å². The normalized spacial score (nSPS) is 18.0. The Balaban J connectivity index is 1.85. The van der Waals surface area contributed by atoms with Gasteiger partial charge < -0.3 is 15.0 Å². The molecule has 1 fully saturated rings. The smallest absolute Gasteiger partial charge is 0.0599 e. The lowest BCUT2D eigenvalue weighted by atomic mass is 10.1. The molecule has 0 aromatic rings. The maximum atomic E-state index is 5.69. The van der Waals surface area contributed by atoms with Crippen molar-refractivity contribution in [1.29, 1.82) is 0 Å². The quantitative estimate of drug-likeness (QED) is 0.589. The second kappa shape index (κ2) is 11.5. The van der Waals surface area contributed by atoms with Gasteiger partial charge in [-0.3, -0.25) is 0 Å². The van der Waals surface area contributed by atoms with Crippen LogP contribution in [0, 0.1) is 5.92 Å². The number of piperidine rings is 1. The summed E-state index contributed by atoms with van der Waals surface area (Å²) in [4.78, 5) is 2.62. The molecule has 1 N–H and O–H groups in total. The van der Waals surface area contributed by atoms with Crippen LogP contribution >= 0.6 is 0 Å². The first kappa shape index (κ1) is 17.9. The third kappa shape index (κ3) is 8.93. The van der Waals surface area contributed by atoms with E-state index in [0.29, 0.717) is 6.10 Å². The first-order valence-electron chi connectivity index (χ1n) is 8.77. The average molecular weight is 284 g/mol. The van der Waals surface area contributed by atoms with Crippen LogP contribution in [0.1, 0.15) is 59.3 Å². The summed E-state index contributed by atoms with van der Waals surface area (Å²) in [5.74, 6) is 0.773. The summed E-state index contributed by atoms with van der Waals surface area (Å²) < 4.78 is 5.69. The van der Waals surface area contributed by atoms with Gasteiger partial charge in [0, 0.05) is 19.7 Å². The molecule has 3 nitrogen and oxygen atoms in total. The Labute approximate surface area is 126 Å². The zero-order valence-electron chi connectivity index (χ0n) is 14.0. The second-order valence-electron chi connectivity index (χ2n) is 6.51. The van der Waals surface area contributed by atoms with Gasteiger partial charge in [-0.15, -0.1) is 0 Å². The maximum absolute atomic E-state index is 5.69. The predicted octanol–water partition coefficient (Wildman–Crippen LogP) is 3.29. The molecule has 0 amide bonds. The topological polar surface area (TPSA) is 24.5 Å². The van der Waals surface area contributed by atoms with Gasteiger partial charge in [-0.25, -0.2) is 0 Å². The van der Waals surface area contributed by atoms with Gasteiger partial charge in [0.25, 0.3) is 0 Å². The van der Waals surface area contributed by atoms with E-state index < -0.39 is 0 Å². The first-order valence-corrected chi connectivity index (χ1v) is 8.77. The summed E-state index contributed by atoms with van der Waals surface area (Å²) in [6.07, 6.45) is 8.45. The molecule has 1 aliphatic rings. The molecule has 1 rings (SSSR count). The number of unbranched alkanes of at least 4 members (excludes halogenated alkanes) is 3. The molecule has 0 spiro atoms. The molecule has 1 saturated heterocycles. The van der Waals surface area contributed by atoms with Crippen molar-refractivity contribution in [2.75, 3.05) is 39.3 Å². The zero-order valence-corrected chi connectivity index (χ0v) is 14.0. The van der Waals surface area contributed by atoms with Crippen molar-refractivity contribution in [1.82, 2.24) is 10.2 Å². The van der Waals surface area contributed by atoms with Gasteiger partial charge in [0.05, 0.1) is 6.10 Å². The minimum absolute atomic E-state index is 0.531. The highest BCUT2D eigenvalue weighted by Gasteiger charge is 2.18. The van der Waals surface area contributed by atoms with Crippen molar-refractivity contribution in [2.24, 2.45) is 5.92 Å². The third-order valence-electron chi connectivity index (χ3n) is 4.07. The zero-order chi connectivity index (χ0) is 14.6. The van der Waals surface area contributed by atoms with Crippen LogP contribution in [0.25, 0.3) is 0 Å². The fourth-order valence-corrected chi connectivity index (χ4v) is 2.86. The highest BCUT2D eigenvalue weighted by molar-refractivity contribution is 4.72. The Hall–Kier alpha value is -0.120. The highest BCUT2D eigenvalue weighted by atomic mass is 16.5. The minimum atomic E-state index is 0.531. The molecular weight excluding hydrogens is 248 g/mol. The van der Waals surface area contributed by atoms with Gasteiger partial charge in [0.15, 0.2) is 0 Å². The molecular formula is C17H36N2O. The third-order valence-corrected chi connectivity index (χ3v) is 4.07. The number of hydrogen-bond acceptors (Lipinski definition) is 3.